The van der Waals surface area contributed by atoms with Crippen LogP contribution in [0.3, 0.4) is 0 Å². The summed E-state index contributed by atoms with van der Waals surface area (Å²) in [4.78, 5) is 4.93. The monoisotopic (exact) mass is 486 g/mol. The van der Waals surface area contributed by atoms with Crippen LogP contribution in [-0.4, -0.2) is 49.6 Å². The summed E-state index contributed by atoms with van der Waals surface area (Å²) in [6, 6.07) is 9.91. The number of anilines is 2. The van der Waals surface area contributed by atoms with E-state index in [1.54, 1.807) is 12.4 Å². The van der Waals surface area contributed by atoms with Crippen molar-refractivity contribution in [3.63, 3.8) is 0 Å². The fraction of sp³-hybridized carbons (Fsp3) is 0.286. The molecule has 0 aliphatic rings. The molecule has 0 saturated heterocycles. The summed E-state index contributed by atoms with van der Waals surface area (Å²) < 4.78 is 68.8. The van der Waals surface area contributed by atoms with Crippen LogP contribution in [0.25, 0.3) is 0 Å². The summed E-state index contributed by atoms with van der Waals surface area (Å²) in [6.45, 7) is 1.47. The maximum Gasteiger partial charge on any atom is 0.573 e. The standard InChI is InChI=1S/C16H20F3N3O4S.C5H5N/c1-10(23)8-22-9-11(20)6-15(22)27(24,25)14-5-4-12(26-16(17,18)19)7-13(14)21(2)3;1-2-4-6-5-3-1/h4-7,9-10,23H,8,20H2,1-3H3;1-5H. The molecule has 1 unspecified atom stereocenters. The maximum atomic E-state index is 13.1. The van der Waals surface area contributed by atoms with E-state index < -0.39 is 28.1 Å². The van der Waals surface area contributed by atoms with E-state index in [0.29, 0.717) is 0 Å². The molecule has 8 nitrogen and oxygen atoms in total. The Bertz CT molecular complexity index is 1120. The lowest BCUT2D eigenvalue weighted by Gasteiger charge is -2.20. The number of nitrogen functional groups attached to an aromatic ring is 1. The van der Waals surface area contributed by atoms with Gasteiger partial charge in [0.25, 0.3) is 0 Å². The van der Waals surface area contributed by atoms with Gasteiger partial charge in [-0.05, 0) is 37.3 Å². The fourth-order valence-electron chi connectivity index (χ4n) is 2.86. The molecule has 33 heavy (non-hydrogen) atoms. The molecule has 0 bridgehead atoms. The molecule has 0 amide bonds. The number of nitrogens with zero attached hydrogens (tertiary/aromatic N) is 3. The number of pyridine rings is 1. The summed E-state index contributed by atoms with van der Waals surface area (Å²) >= 11 is 0. The first-order valence-electron chi connectivity index (χ1n) is 9.62. The molecule has 0 spiro atoms. The number of alkyl halides is 3. The Labute approximate surface area is 190 Å². The quantitative estimate of drug-likeness (QED) is 0.550. The summed E-state index contributed by atoms with van der Waals surface area (Å²) in [6.07, 6.45) is -0.859. The van der Waals surface area contributed by atoms with Crippen molar-refractivity contribution in [2.24, 2.45) is 0 Å². The molecule has 3 rings (SSSR count). The van der Waals surface area contributed by atoms with Crippen LogP contribution >= 0.6 is 0 Å². The first kappa shape index (κ1) is 26.0. The van der Waals surface area contributed by atoms with Crippen molar-refractivity contribution in [1.82, 2.24) is 9.55 Å². The van der Waals surface area contributed by atoms with Crippen LogP contribution in [0.4, 0.5) is 24.5 Å². The molecule has 2 heterocycles. The average Bonchev–Trinajstić information content (AvgIpc) is 3.08. The molecule has 0 saturated carbocycles. The van der Waals surface area contributed by atoms with Crippen molar-refractivity contribution in [2.45, 2.75) is 35.9 Å². The average molecular weight is 487 g/mol. The van der Waals surface area contributed by atoms with Crippen molar-refractivity contribution >= 4 is 21.2 Å². The van der Waals surface area contributed by atoms with Crippen molar-refractivity contribution in [3.05, 3.63) is 61.1 Å². The minimum atomic E-state index is -4.90. The van der Waals surface area contributed by atoms with E-state index in [1.165, 1.54) is 42.7 Å². The van der Waals surface area contributed by atoms with E-state index in [0.717, 1.165) is 18.2 Å². The highest BCUT2D eigenvalue weighted by Crippen LogP contribution is 2.35. The first-order valence-corrected chi connectivity index (χ1v) is 11.1. The highest BCUT2D eigenvalue weighted by atomic mass is 32.2. The van der Waals surface area contributed by atoms with E-state index >= 15 is 0 Å². The van der Waals surface area contributed by atoms with Gasteiger partial charge in [0, 0.05) is 45.3 Å². The van der Waals surface area contributed by atoms with Crippen LogP contribution < -0.4 is 15.4 Å². The van der Waals surface area contributed by atoms with Gasteiger partial charge in [0.15, 0.2) is 0 Å². The number of nitrogens with two attached hydrogens (primary N) is 1. The first-order chi connectivity index (χ1) is 15.3. The number of rotatable bonds is 6. The van der Waals surface area contributed by atoms with Crippen molar-refractivity contribution in [1.29, 1.82) is 0 Å². The molecule has 0 aliphatic heterocycles. The number of hydrogen-bond acceptors (Lipinski definition) is 7. The van der Waals surface area contributed by atoms with Gasteiger partial charge < -0.3 is 25.0 Å². The molecule has 0 aliphatic carbocycles. The van der Waals surface area contributed by atoms with Gasteiger partial charge >= 0.3 is 6.36 Å². The zero-order chi connectivity index (χ0) is 24.8. The highest BCUT2D eigenvalue weighted by molar-refractivity contribution is 7.91. The van der Waals surface area contributed by atoms with Gasteiger partial charge in [-0.1, -0.05) is 6.07 Å². The van der Waals surface area contributed by atoms with Crippen LogP contribution in [0.1, 0.15) is 6.92 Å². The highest BCUT2D eigenvalue weighted by Gasteiger charge is 2.32. The van der Waals surface area contributed by atoms with Crippen LogP contribution in [0.2, 0.25) is 0 Å². The number of benzene rings is 1. The molecule has 3 N–H and O–H groups in total. The maximum absolute atomic E-state index is 13.1. The number of aromatic nitrogens is 2. The SMILES string of the molecule is CC(O)Cn1cc(N)cc1S(=O)(=O)c1ccc(OC(F)(F)F)cc1N(C)C.c1ccncc1. The summed E-state index contributed by atoms with van der Waals surface area (Å²) in [5.41, 5.74) is 5.89. The van der Waals surface area contributed by atoms with E-state index in [9.17, 15) is 26.7 Å². The number of aliphatic hydroxyl groups is 1. The minimum Gasteiger partial charge on any atom is -0.406 e. The number of ether oxygens (including phenoxy) is 1. The Kier molecular flexibility index (Phi) is 8.34. The molecule has 12 heteroatoms. The smallest absolute Gasteiger partial charge is 0.406 e. The molecule has 1 aromatic carbocycles. The molecule has 2 aromatic heterocycles. The Morgan fingerprint density at radius 2 is 1.82 bits per heavy atom. The third-order valence-corrected chi connectivity index (χ3v) is 5.94. The van der Waals surface area contributed by atoms with Crippen molar-refractivity contribution in [2.75, 3.05) is 24.7 Å². The van der Waals surface area contributed by atoms with Gasteiger partial charge in [-0.3, -0.25) is 4.98 Å². The molecular formula is C21H25F3N4O4S. The largest absolute Gasteiger partial charge is 0.573 e. The third-order valence-electron chi connectivity index (χ3n) is 4.12. The summed E-state index contributed by atoms with van der Waals surface area (Å²) in [5.74, 6) is -0.538. The second-order valence-corrected chi connectivity index (χ2v) is 9.08. The predicted molar refractivity (Wildman–Crippen MR) is 118 cm³/mol. The van der Waals surface area contributed by atoms with Gasteiger partial charge in [0.1, 0.15) is 10.8 Å². The molecule has 180 valence electrons. The van der Waals surface area contributed by atoms with Crippen LogP contribution in [0, 0.1) is 0 Å². The predicted octanol–water partition coefficient (Wildman–Crippen LogP) is 3.33. The van der Waals surface area contributed by atoms with Crippen molar-refractivity contribution < 1.29 is 31.4 Å². The molecular weight excluding hydrogens is 461 g/mol. The molecule has 0 fully saturated rings. The lowest BCUT2D eigenvalue weighted by molar-refractivity contribution is -0.274. The van der Waals surface area contributed by atoms with Crippen LogP contribution in [0.15, 0.2) is 71.0 Å². The second-order valence-electron chi connectivity index (χ2n) is 7.21. The fourth-order valence-corrected chi connectivity index (χ4v) is 4.58. The zero-order valence-corrected chi connectivity index (χ0v) is 19.0. The lowest BCUT2D eigenvalue weighted by Crippen LogP contribution is -2.20. The summed E-state index contributed by atoms with van der Waals surface area (Å²) in [5, 5.41) is 9.40. The molecule has 1 atom stereocenters. The Morgan fingerprint density at radius 3 is 2.27 bits per heavy atom. The molecule has 0 radical (unpaired) electrons. The molecule has 3 aromatic rings. The second kappa shape index (κ2) is 10.6. The van der Waals surface area contributed by atoms with Crippen molar-refractivity contribution in [3.8, 4) is 5.75 Å². The number of aliphatic hydroxyl groups excluding tert-OH is 1. The van der Waals surface area contributed by atoms with Gasteiger partial charge in [-0.25, -0.2) is 8.42 Å². The number of sulfone groups is 1. The number of halogens is 3. The minimum absolute atomic E-state index is 0.0140. The van der Waals surface area contributed by atoms with Crippen LogP contribution in [0.5, 0.6) is 5.75 Å². The van der Waals surface area contributed by atoms with Gasteiger partial charge in [0.2, 0.25) is 9.84 Å². The van der Waals surface area contributed by atoms with E-state index in [4.69, 9.17) is 5.73 Å². The van der Waals surface area contributed by atoms with E-state index in [1.807, 2.05) is 18.2 Å². The topological polar surface area (TPSA) is 111 Å². The lowest BCUT2D eigenvalue weighted by atomic mass is 10.3. The Hall–Kier alpha value is -3.25. The van der Waals surface area contributed by atoms with Crippen LogP contribution in [-0.2, 0) is 16.4 Å². The third kappa shape index (κ3) is 7.39. The van der Waals surface area contributed by atoms with E-state index in [2.05, 4.69) is 9.72 Å². The Balaban J connectivity index is 0.000000554. The normalized spacial score (nSPS) is 12.5. The van der Waals surface area contributed by atoms with Gasteiger partial charge in [-0.15, -0.1) is 13.2 Å². The Morgan fingerprint density at radius 1 is 1.18 bits per heavy atom. The van der Waals surface area contributed by atoms with E-state index in [-0.39, 0.29) is 27.8 Å². The zero-order valence-electron chi connectivity index (χ0n) is 18.2. The van der Waals surface area contributed by atoms with Gasteiger partial charge in [0.05, 0.1) is 22.4 Å². The van der Waals surface area contributed by atoms with Gasteiger partial charge in [-0.2, -0.15) is 0 Å². The summed E-state index contributed by atoms with van der Waals surface area (Å²) in [7, 11) is -1.15. The number of hydrogen-bond donors (Lipinski definition) is 2.